The van der Waals surface area contributed by atoms with E-state index in [2.05, 4.69) is 0 Å². The van der Waals surface area contributed by atoms with Gasteiger partial charge in [-0.15, -0.1) is 0 Å². The summed E-state index contributed by atoms with van der Waals surface area (Å²) in [4.78, 5) is 25.8. The number of nitrogens with zero attached hydrogens (tertiary/aromatic N) is 3. The highest BCUT2D eigenvalue weighted by molar-refractivity contribution is 6.64. The molecule has 0 aromatic heterocycles. The molecule has 1 radical (unpaired) electrons. The minimum atomic E-state index is -0.925. The summed E-state index contributed by atoms with van der Waals surface area (Å²) in [5.74, 6) is -1.84. The molecule has 6 nitrogen and oxygen atoms in total. The lowest BCUT2D eigenvalue weighted by Gasteiger charge is -2.35. The van der Waals surface area contributed by atoms with Crippen molar-refractivity contribution >= 4 is 25.0 Å². The molecular weight excluding hydrogens is 367 g/mol. The maximum absolute atomic E-state index is 13.4. The van der Waals surface area contributed by atoms with Gasteiger partial charge in [0.25, 0.3) is 13.1 Å². The number of carbonyl (C=O) groups is 1. The second-order valence-corrected chi connectivity index (χ2v) is 6.60. The van der Waals surface area contributed by atoms with Crippen LogP contribution in [0.1, 0.15) is 11.1 Å². The molecular formula is C19H19BF2N3O3. The van der Waals surface area contributed by atoms with Crippen molar-refractivity contribution in [1.29, 1.82) is 0 Å². The molecule has 1 saturated heterocycles. The Bertz CT molecular complexity index is 873. The van der Waals surface area contributed by atoms with E-state index in [0.717, 1.165) is 18.3 Å². The Morgan fingerprint density at radius 2 is 1.82 bits per heavy atom. The van der Waals surface area contributed by atoms with Crippen molar-refractivity contribution in [3.05, 3.63) is 69.3 Å². The molecule has 1 aliphatic heterocycles. The Kier molecular flexibility index (Phi) is 6.36. The first kappa shape index (κ1) is 19.9. The number of para-hydroxylation sites is 1. The third-order valence-electron chi connectivity index (χ3n) is 4.87. The fourth-order valence-corrected chi connectivity index (χ4v) is 3.42. The predicted molar refractivity (Wildman–Crippen MR) is 103 cm³/mol. The van der Waals surface area contributed by atoms with Crippen LogP contribution in [0.3, 0.4) is 0 Å². The van der Waals surface area contributed by atoms with Crippen molar-refractivity contribution < 1.29 is 18.5 Å². The van der Waals surface area contributed by atoms with Gasteiger partial charge in [0.1, 0.15) is 5.69 Å². The molecule has 2 aromatic rings. The summed E-state index contributed by atoms with van der Waals surface area (Å²) in [6.45, 7) is 2.35. The van der Waals surface area contributed by atoms with Crippen LogP contribution < -0.4 is 4.90 Å². The normalized spacial score (nSPS) is 14.7. The Labute approximate surface area is 162 Å². The Morgan fingerprint density at radius 1 is 1.07 bits per heavy atom. The van der Waals surface area contributed by atoms with Gasteiger partial charge in [-0.1, -0.05) is 18.2 Å². The van der Waals surface area contributed by atoms with E-state index < -0.39 is 11.6 Å². The zero-order valence-corrected chi connectivity index (χ0v) is 15.2. The molecule has 2 aromatic carbocycles. The van der Waals surface area contributed by atoms with E-state index in [1.165, 1.54) is 13.5 Å². The molecule has 145 valence electrons. The average molecular weight is 386 g/mol. The van der Waals surface area contributed by atoms with Crippen LogP contribution >= 0.6 is 0 Å². The smallest absolute Gasteiger partial charge is 0.295 e. The number of aryl methyl sites for hydroxylation is 2. The zero-order valence-electron chi connectivity index (χ0n) is 15.2. The standard InChI is InChI=1S/C19H19BF2N3O3/c21-16-7-5-14(12-17(16)22)4-6-15-2-1-3-18(19(15)25(27)28)23-8-10-24(11-9-23)20-13-26/h1-3,5,7,12-13H,4,6,8-11H2. The van der Waals surface area contributed by atoms with Crippen LogP contribution in [0.25, 0.3) is 0 Å². The maximum Gasteiger partial charge on any atom is 0.295 e. The summed E-state index contributed by atoms with van der Waals surface area (Å²) in [5.41, 5.74) is 1.71. The maximum atomic E-state index is 13.4. The lowest BCUT2D eigenvalue weighted by Crippen LogP contribution is -2.48. The van der Waals surface area contributed by atoms with Gasteiger partial charge < -0.3 is 14.5 Å². The summed E-state index contributed by atoms with van der Waals surface area (Å²) in [6.07, 6.45) is 1.44. The molecule has 0 aliphatic carbocycles. The molecule has 0 amide bonds. The summed E-state index contributed by atoms with van der Waals surface area (Å²) < 4.78 is 26.5. The van der Waals surface area contributed by atoms with E-state index in [0.29, 0.717) is 55.8 Å². The Balaban J connectivity index is 1.78. The van der Waals surface area contributed by atoms with E-state index >= 15 is 0 Å². The molecule has 0 bridgehead atoms. The number of nitro groups is 1. The first-order valence-electron chi connectivity index (χ1n) is 8.97. The first-order valence-corrected chi connectivity index (χ1v) is 8.97. The van der Waals surface area contributed by atoms with Gasteiger partial charge in [0, 0.05) is 31.7 Å². The molecule has 1 fully saturated rings. The quantitative estimate of drug-likeness (QED) is 0.317. The number of rotatable bonds is 7. The lowest BCUT2D eigenvalue weighted by molar-refractivity contribution is -0.384. The zero-order chi connectivity index (χ0) is 20.1. The minimum absolute atomic E-state index is 0.0397. The fourth-order valence-electron chi connectivity index (χ4n) is 3.42. The predicted octanol–water partition coefficient (Wildman–Crippen LogP) is 2.59. The van der Waals surface area contributed by atoms with Crippen molar-refractivity contribution in [3.63, 3.8) is 0 Å². The molecule has 0 N–H and O–H groups in total. The number of nitro benzene ring substituents is 1. The van der Waals surface area contributed by atoms with Gasteiger partial charge >= 0.3 is 0 Å². The highest BCUT2D eigenvalue weighted by Crippen LogP contribution is 2.33. The summed E-state index contributed by atoms with van der Waals surface area (Å²) in [6, 6.07) is 8.85. The van der Waals surface area contributed by atoms with E-state index in [-0.39, 0.29) is 10.6 Å². The third-order valence-corrected chi connectivity index (χ3v) is 4.87. The molecule has 28 heavy (non-hydrogen) atoms. The molecule has 0 saturated carbocycles. The van der Waals surface area contributed by atoms with Gasteiger partial charge in [-0.25, -0.2) is 8.78 Å². The molecule has 1 heterocycles. The highest BCUT2D eigenvalue weighted by atomic mass is 19.2. The van der Waals surface area contributed by atoms with E-state index in [9.17, 15) is 23.7 Å². The van der Waals surface area contributed by atoms with E-state index in [1.54, 1.807) is 18.2 Å². The van der Waals surface area contributed by atoms with Crippen molar-refractivity contribution in [1.82, 2.24) is 4.81 Å². The van der Waals surface area contributed by atoms with Crippen LogP contribution in [0.5, 0.6) is 0 Å². The largest absolute Gasteiger partial charge is 0.363 e. The van der Waals surface area contributed by atoms with Crippen LogP contribution in [0.4, 0.5) is 20.2 Å². The SMILES string of the molecule is O=C[B]N1CCN(c2cccc(CCc3ccc(F)c(F)c3)c2[N+](=O)[O-])CC1. The second kappa shape index (κ2) is 8.92. The van der Waals surface area contributed by atoms with Crippen molar-refractivity contribution in [2.75, 3.05) is 31.1 Å². The van der Waals surface area contributed by atoms with Gasteiger partial charge in [0.15, 0.2) is 11.6 Å². The number of hydrogen-bond donors (Lipinski definition) is 0. The van der Waals surface area contributed by atoms with Crippen LogP contribution in [-0.4, -0.2) is 49.5 Å². The van der Waals surface area contributed by atoms with Gasteiger partial charge in [0.05, 0.1) is 11.1 Å². The molecule has 0 unspecified atom stereocenters. The number of piperazine rings is 1. The van der Waals surface area contributed by atoms with Gasteiger partial charge in [-0.2, -0.15) is 0 Å². The number of halogens is 2. The van der Waals surface area contributed by atoms with Gasteiger partial charge in [-0.05, 0) is 36.6 Å². The van der Waals surface area contributed by atoms with Gasteiger partial charge in [0.2, 0.25) is 0 Å². The monoisotopic (exact) mass is 386 g/mol. The highest BCUT2D eigenvalue weighted by Gasteiger charge is 2.26. The second-order valence-electron chi connectivity index (χ2n) is 6.60. The lowest BCUT2D eigenvalue weighted by atomic mass is 9.93. The summed E-state index contributed by atoms with van der Waals surface area (Å²) in [5, 5.41) is 11.8. The van der Waals surface area contributed by atoms with Crippen LogP contribution in [0, 0.1) is 21.7 Å². The van der Waals surface area contributed by atoms with Crippen LogP contribution in [0.2, 0.25) is 0 Å². The van der Waals surface area contributed by atoms with Crippen molar-refractivity contribution in [2.45, 2.75) is 12.8 Å². The van der Waals surface area contributed by atoms with E-state index in [1.807, 2.05) is 9.71 Å². The van der Waals surface area contributed by atoms with Crippen LogP contribution in [-0.2, 0) is 17.6 Å². The summed E-state index contributed by atoms with van der Waals surface area (Å²) >= 11 is 0. The number of anilines is 1. The third kappa shape index (κ3) is 4.54. The molecule has 3 rings (SSSR count). The Morgan fingerprint density at radius 3 is 2.46 bits per heavy atom. The van der Waals surface area contributed by atoms with Crippen molar-refractivity contribution in [2.24, 2.45) is 0 Å². The molecule has 9 heteroatoms. The molecule has 1 aliphatic rings. The number of hydrogen-bond acceptors (Lipinski definition) is 5. The fraction of sp³-hybridized carbons (Fsp3) is 0.316. The first-order chi connectivity index (χ1) is 13.5. The topological polar surface area (TPSA) is 66.7 Å². The number of carbonyl (C=O) groups excluding carboxylic acids is 1. The van der Waals surface area contributed by atoms with E-state index in [4.69, 9.17) is 0 Å². The molecule has 0 spiro atoms. The summed E-state index contributed by atoms with van der Waals surface area (Å²) in [7, 11) is 1.48. The minimum Gasteiger partial charge on any atom is -0.363 e. The number of benzene rings is 2. The molecule has 0 atom stereocenters. The average Bonchev–Trinajstić information content (AvgIpc) is 2.69. The van der Waals surface area contributed by atoms with Crippen LogP contribution in [0.15, 0.2) is 36.4 Å². The van der Waals surface area contributed by atoms with Crippen molar-refractivity contribution in [3.8, 4) is 0 Å². The van der Waals surface area contributed by atoms with Gasteiger partial charge in [-0.3, -0.25) is 10.1 Å². The Hall–Kier alpha value is -2.81.